The van der Waals surface area contributed by atoms with Crippen LogP contribution in [0.1, 0.15) is 13.8 Å². The summed E-state index contributed by atoms with van der Waals surface area (Å²) in [5.74, 6) is 0.123. The van der Waals surface area contributed by atoms with Gasteiger partial charge in [-0.1, -0.05) is 20.4 Å². The lowest BCUT2D eigenvalue weighted by Crippen LogP contribution is -2.43. The van der Waals surface area contributed by atoms with E-state index in [2.05, 4.69) is 20.4 Å². The van der Waals surface area contributed by atoms with E-state index in [9.17, 15) is 4.79 Å². The summed E-state index contributed by atoms with van der Waals surface area (Å²) in [6, 6.07) is 0. The molecular weight excluding hydrogens is 154 g/mol. The van der Waals surface area contributed by atoms with E-state index >= 15 is 0 Å². The Hall–Kier alpha value is -0.830. The minimum absolute atomic E-state index is 0.252. The fourth-order valence-corrected chi connectivity index (χ4v) is 1.20. The van der Waals surface area contributed by atoms with Crippen LogP contribution in [0.5, 0.6) is 0 Å². The van der Waals surface area contributed by atoms with Crippen LogP contribution in [0.2, 0.25) is 0 Å². The normalized spacial score (nSPS) is 11.4. The molecule has 0 bridgehead atoms. The molecule has 12 heavy (non-hydrogen) atoms. The molecule has 0 heterocycles. The number of hydrogen-bond donors (Lipinski definition) is 0. The number of carbonyl (C=O) groups excluding carboxylic acids is 1. The molecule has 0 fully saturated rings. The van der Waals surface area contributed by atoms with Gasteiger partial charge in [-0.25, -0.2) is 4.79 Å². The van der Waals surface area contributed by atoms with Crippen LogP contribution in [0.15, 0.2) is 12.7 Å². The molecule has 0 amide bonds. The molecule has 0 rings (SSSR count). The van der Waals surface area contributed by atoms with Crippen molar-refractivity contribution in [3.63, 3.8) is 0 Å². The molecule has 3 heteroatoms. The lowest BCUT2D eigenvalue weighted by molar-refractivity contribution is -1.06. The van der Waals surface area contributed by atoms with Gasteiger partial charge in [0.2, 0.25) is 0 Å². The summed E-state index contributed by atoms with van der Waals surface area (Å²) in [6.07, 6.45) is 1.18. The van der Waals surface area contributed by atoms with Crippen LogP contribution in [0.25, 0.3) is 0 Å². The van der Waals surface area contributed by atoms with E-state index < -0.39 is 0 Å². The SMILES string of the molecule is C=CC(=O)O[N+](C)(C)CC(C)C. The fraction of sp³-hybridized carbons (Fsp3) is 0.667. The Balaban J connectivity index is 4.02. The number of carbonyl (C=O) groups is 1. The zero-order valence-corrected chi connectivity index (χ0v) is 8.33. The van der Waals surface area contributed by atoms with Crippen LogP contribution >= 0.6 is 0 Å². The second-order valence-electron chi connectivity index (χ2n) is 3.76. The molecule has 0 radical (unpaired) electrons. The number of rotatable bonds is 4. The van der Waals surface area contributed by atoms with Crippen molar-refractivity contribution in [1.82, 2.24) is 0 Å². The van der Waals surface area contributed by atoms with Crippen molar-refractivity contribution in [3.05, 3.63) is 12.7 Å². The highest BCUT2D eigenvalue weighted by atomic mass is 16.7. The number of hydrogen-bond acceptors (Lipinski definition) is 2. The summed E-state index contributed by atoms with van der Waals surface area (Å²) in [7, 11) is 3.70. The number of quaternary nitrogens is 1. The van der Waals surface area contributed by atoms with Gasteiger partial charge in [0, 0.05) is 12.0 Å². The third kappa shape index (κ3) is 4.91. The van der Waals surface area contributed by atoms with E-state index in [0.717, 1.165) is 6.54 Å². The highest BCUT2D eigenvalue weighted by Crippen LogP contribution is 2.05. The molecule has 0 saturated heterocycles. The first-order chi connectivity index (χ1) is 5.37. The lowest BCUT2D eigenvalue weighted by Gasteiger charge is -2.26. The summed E-state index contributed by atoms with van der Waals surface area (Å²) in [6.45, 7) is 8.31. The van der Waals surface area contributed by atoms with Crippen LogP contribution in [0, 0.1) is 5.92 Å². The van der Waals surface area contributed by atoms with Gasteiger partial charge in [-0.3, -0.25) is 4.84 Å². The number of nitrogens with zero attached hydrogens (tertiary/aromatic N) is 1. The van der Waals surface area contributed by atoms with E-state index in [1.807, 2.05) is 14.1 Å². The maximum Gasteiger partial charge on any atom is 0.389 e. The monoisotopic (exact) mass is 172 g/mol. The second kappa shape index (κ2) is 4.26. The van der Waals surface area contributed by atoms with Crippen LogP contribution in [-0.2, 0) is 9.63 Å². The summed E-state index contributed by atoms with van der Waals surface area (Å²) in [5, 5.41) is 0. The Bertz CT molecular complexity index is 173. The van der Waals surface area contributed by atoms with E-state index in [0.29, 0.717) is 5.92 Å². The molecule has 0 aliphatic carbocycles. The minimum Gasteiger partial charge on any atom is -0.272 e. The summed E-state index contributed by atoms with van der Waals surface area (Å²) in [4.78, 5) is 15.9. The Kier molecular flexibility index (Phi) is 3.96. The van der Waals surface area contributed by atoms with Crippen molar-refractivity contribution in [1.29, 1.82) is 0 Å². The van der Waals surface area contributed by atoms with Crippen molar-refractivity contribution < 1.29 is 14.3 Å². The summed E-state index contributed by atoms with van der Waals surface area (Å²) >= 11 is 0. The first-order valence-corrected chi connectivity index (χ1v) is 4.06. The van der Waals surface area contributed by atoms with Crippen LogP contribution in [0.3, 0.4) is 0 Å². The van der Waals surface area contributed by atoms with Crippen LogP contribution < -0.4 is 0 Å². The molecule has 0 N–H and O–H groups in total. The molecule has 3 nitrogen and oxygen atoms in total. The van der Waals surface area contributed by atoms with Gasteiger partial charge in [-0.15, -0.1) is 4.65 Å². The van der Waals surface area contributed by atoms with Crippen molar-refractivity contribution in [2.24, 2.45) is 5.92 Å². The summed E-state index contributed by atoms with van der Waals surface area (Å²) < 4.78 is 0.252. The first-order valence-electron chi connectivity index (χ1n) is 4.06. The van der Waals surface area contributed by atoms with Crippen LogP contribution in [0.4, 0.5) is 0 Å². The van der Waals surface area contributed by atoms with Gasteiger partial charge < -0.3 is 0 Å². The predicted molar refractivity (Wildman–Crippen MR) is 48.1 cm³/mol. The second-order valence-corrected chi connectivity index (χ2v) is 3.76. The fourth-order valence-electron chi connectivity index (χ4n) is 1.20. The van der Waals surface area contributed by atoms with E-state index in [1.165, 1.54) is 6.08 Å². The van der Waals surface area contributed by atoms with E-state index in [4.69, 9.17) is 4.84 Å². The molecule has 0 unspecified atom stereocenters. The zero-order valence-electron chi connectivity index (χ0n) is 8.33. The summed E-state index contributed by atoms with van der Waals surface area (Å²) in [5.41, 5.74) is 0. The standard InChI is InChI=1S/C9H18NO2/c1-6-9(11)12-10(4,5)7-8(2)3/h6,8H,1,7H2,2-5H3/q+1. The molecule has 0 spiro atoms. The van der Waals surface area contributed by atoms with Gasteiger partial charge in [-0.2, -0.15) is 0 Å². The Morgan fingerprint density at radius 2 is 2.08 bits per heavy atom. The molecule has 70 valence electrons. The molecule has 0 aromatic heterocycles. The van der Waals surface area contributed by atoms with Gasteiger partial charge in [0.15, 0.2) is 0 Å². The van der Waals surface area contributed by atoms with Crippen LogP contribution in [-0.4, -0.2) is 31.3 Å². The Morgan fingerprint density at radius 3 is 2.42 bits per heavy atom. The largest absolute Gasteiger partial charge is 0.389 e. The van der Waals surface area contributed by atoms with Crippen molar-refractivity contribution >= 4 is 5.97 Å². The maximum absolute atomic E-state index is 10.9. The van der Waals surface area contributed by atoms with E-state index in [-0.39, 0.29) is 10.6 Å². The topological polar surface area (TPSA) is 26.3 Å². The Morgan fingerprint density at radius 1 is 1.58 bits per heavy atom. The van der Waals surface area contributed by atoms with Gasteiger partial charge in [0.05, 0.1) is 0 Å². The zero-order chi connectivity index (χ0) is 9.78. The number of hydroxylamine groups is 3. The van der Waals surface area contributed by atoms with Gasteiger partial charge in [0.25, 0.3) is 0 Å². The average molecular weight is 172 g/mol. The molecule has 0 aliphatic rings. The molecule has 0 aromatic carbocycles. The van der Waals surface area contributed by atoms with Crippen molar-refractivity contribution in [3.8, 4) is 0 Å². The maximum atomic E-state index is 10.9. The third-order valence-electron chi connectivity index (χ3n) is 1.31. The van der Waals surface area contributed by atoms with E-state index in [1.54, 1.807) is 0 Å². The molecule has 0 aromatic rings. The third-order valence-corrected chi connectivity index (χ3v) is 1.31. The van der Waals surface area contributed by atoms with Crippen molar-refractivity contribution in [2.45, 2.75) is 13.8 Å². The average Bonchev–Trinajstić information content (AvgIpc) is 1.83. The first kappa shape index (κ1) is 11.2. The molecule has 0 atom stereocenters. The van der Waals surface area contributed by atoms with Gasteiger partial charge in [0.1, 0.15) is 20.6 Å². The highest BCUT2D eigenvalue weighted by Gasteiger charge is 2.21. The molecule has 0 saturated carbocycles. The Labute approximate surface area is 74.2 Å². The molecule has 0 aliphatic heterocycles. The van der Waals surface area contributed by atoms with Crippen molar-refractivity contribution in [2.75, 3.05) is 20.6 Å². The predicted octanol–water partition coefficient (Wildman–Crippen LogP) is 1.36. The van der Waals surface area contributed by atoms with Gasteiger partial charge in [-0.05, 0) is 0 Å². The quantitative estimate of drug-likeness (QED) is 0.363. The highest BCUT2D eigenvalue weighted by molar-refractivity contribution is 5.80. The minimum atomic E-state index is -0.374. The lowest BCUT2D eigenvalue weighted by atomic mass is 10.2. The van der Waals surface area contributed by atoms with Gasteiger partial charge >= 0.3 is 5.97 Å². The molecular formula is C9H18NO2+. The smallest absolute Gasteiger partial charge is 0.272 e.